The average Bonchev–Trinajstić information content (AvgIpc) is 2.68. The van der Waals surface area contributed by atoms with Crippen molar-refractivity contribution < 1.29 is 23.1 Å². The molecular formula is C21H29F2N3O3S. The molecule has 2 aliphatic rings. The number of likely N-dealkylation sites (tertiary alicyclic amines) is 1. The van der Waals surface area contributed by atoms with Crippen LogP contribution in [0.3, 0.4) is 0 Å². The Bertz CT molecular complexity index is 717. The Balaban J connectivity index is 1.42. The molecule has 2 unspecified atom stereocenters. The summed E-state index contributed by atoms with van der Waals surface area (Å²) in [5, 5.41) is 2.80. The van der Waals surface area contributed by atoms with Gasteiger partial charge in [-0.25, -0.2) is 0 Å². The SMILES string of the molecule is CC1CN(C(=O)C2CCN(CC(=O)Nc3ccc(SC(F)F)cc3)CC2)CC(C)O1. The number of hydrogen-bond donors (Lipinski definition) is 1. The van der Waals surface area contributed by atoms with Crippen LogP contribution in [-0.2, 0) is 14.3 Å². The lowest BCUT2D eigenvalue weighted by Gasteiger charge is -2.39. The van der Waals surface area contributed by atoms with E-state index in [0.29, 0.717) is 48.5 Å². The van der Waals surface area contributed by atoms with E-state index in [4.69, 9.17) is 4.74 Å². The van der Waals surface area contributed by atoms with Gasteiger partial charge >= 0.3 is 0 Å². The van der Waals surface area contributed by atoms with Crippen LogP contribution in [0, 0.1) is 5.92 Å². The number of halogens is 2. The Morgan fingerprint density at radius 3 is 2.30 bits per heavy atom. The lowest BCUT2D eigenvalue weighted by molar-refractivity contribution is -0.148. The van der Waals surface area contributed by atoms with Gasteiger partial charge in [0, 0.05) is 29.6 Å². The third kappa shape index (κ3) is 6.65. The third-order valence-corrected chi connectivity index (χ3v) is 6.12. The molecule has 2 amide bonds. The molecule has 2 saturated heterocycles. The van der Waals surface area contributed by atoms with Crippen molar-refractivity contribution in [2.75, 3.05) is 38.0 Å². The normalized spacial score (nSPS) is 23.6. The Morgan fingerprint density at radius 1 is 1.13 bits per heavy atom. The summed E-state index contributed by atoms with van der Waals surface area (Å²) in [5.74, 6) is -2.41. The summed E-state index contributed by atoms with van der Waals surface area (Å²) in [6.07, 6.45) is 1.60. The molecule has 166 valence electrons. The quantitative estimate of drug-likeness (QED) is 0.687. The second-order valence-electron chi connectivity index (χ2n) is 8.00. The lowest BCUT2D eigenvalue weighted by atomic mass is 9.94. The number of alkyl halides is 2. The molecule has 1 aromatic carbocycles. The zero-order chi connectivity index (χ0) is 21.7. The smallest absolute Gasteiger partial charge is 0.288 e. The van der Waals surface area contributed by atoms with Crippen molar-refractivity contribution in [2.24, 2.45) is 5.92 Å². The zero-order valence-electron chi connectivity index (χ0n) is 17.4. The minimum Gasteiger partial charge on any atom is -0.372 e. The number of anilines is 1. The number of piperidine rings is 1. The van der Waals surface area contributed by atoms with Gasteiger partial charge in [0.05, 0.1) is 18.8 Å². The van der Waals surface area contributed by atoms with Crippen LogP contribution < -0.4 is 5.32 Å². The highest BCUT2D eigenvalue weighted by atomic mass is 32.2. The number of benzene rings is 1. The minimum absolute atomic E-state index is 0.00157. The van der Waals surface area contributed by atoms with Crippen molar-refractivity contribution in [3.63, 3.8) is 0 Å². The second kappa shape index (κ2) is 10.5. The van der Waals surface area contributed by atoms with E-state index in [-0.39, 0.29) is 36.5 Å². The van der Waals surface area contributed by atoms with Crippen LogP contribution >= 0.6 is 11.8 Å². The van der Waals surface area contributed by atoms with Crippen molar-refractivity contribution in [1.82, 2.24) is 9.80 Å². The van der Waals surface area contributed by atoms with E-state index in [0.717, 1.165) is 12.8 Å². The van der Waals surface area contributed by atoms with E-state index in [1.54, 1.807) is 24.3 Å². The van der Waals surface area contributed by atoms with E-state index in [1.165, 1.54) is 0 Å². The first-order chi connectivity index (χ1) is 14.3. The highest BCUT2D eigenvalue weighted by Crippen LogP contribution is 2.26. The molecule has 0 radical (unpaired) electrons. The number of amides is 2. The van der Waals surface area contributed by atoms with Crippen molar-refractivity contribution in [3.05, 3.63) is 24.3 Å². The number of thioether (sulfide) groups is 1. The summed E-state index contributed by atoms with van der Waals surface area (Å²) in [7, 11) is 0. The number of carbonyl (C=O) groups excluding carboxylic acids is 2. The van der Waals surface area contributed by atoms with Crippen LogP contribution in [-0.4, -0.2) is 72.3 Å². The summed E-state index contributed by atoms with van der Waals surface area (Å²) in [5.41, 5.74) is 0.583. The first-order valence-electron chi connectivity index (χ1n) is 10.3. The summed E-state index contributed by atoms with van der Waals surface area (Å²) < 4.78 is 30.4. The number of nitrogens with zero attached hydrogens (tertiary/aromatic N) is 2. The molecule has 0 saturated carbocycles. The number of ether oxygens (including phenoxy) is 1. The number of hydrogen-bond acceptors (Lipinski definition) is 5. The maximum atomic E-state index is 12.8. The molecule has 0 aromatic heterocycles. The largest absolute Gasteiger partial charge is 0.372 e. The van der Waals surface area contributed by atoms with Crippen molar-refractivity contribution >= 4 is 29.3 Å². The predicted octanol–water partition coefficient (Wildman–Crippen LogP) is 3.29. The van der Waals surface area contributed by atoms with E-state index in [1.807, 2.05) is 23.6 Å². The van der Waals surface area contributed by atoms with Gasteiger partial charge in [0.1, 0.15) is 0 Å². The first-order valence-corrected chi connectivity index (χ1v) is 11.2. The fraction of sp³-hybridized carbons (Fsp3) is 0.619. The molecule has 1 N–H and O–H groups in total. The maximum Gasteiger partial charge on any atom is 0.288 e. The van der Waals surface area contributed by atoms with Crippen LogP contribution in [0.5, 0.6) is 0 Å². The van der Waals surface area contributed by atoms with Crippen molar-refractivity contribution in [1.29, 1.82) is 0 Å². The number of nitrogens with one attached hydrogen (secondary N) is 1. The standard InChI is InChI=1S/C21H29F2N3O3S/c1-14-11-26(12-15(2)29-14)20(28)16-7-9-25(10-8-16)13-19(27)24-17-3-5-18(6-4-17)30-21(22)23/h3-6,14-16,21H,7-13H2,1-2H3,(H,24,27). The van der Waals surface area contributed by atoms with Crippen LogP contribution in [0.25, 0.3) is 0 Å². The minimum atomic E-state index is -2.46. The summed E-state index contributed by atoms with van der Waals surface area (Å²) >= 11 is 0.475. The molecule has 3 rings (SSSR count). The fourth-order valence-corrected chi connectivity index (χ4v) is 4.58. The van der Waals surface area contributed by atoms with Crippen molar-refractivity contribution in [2.45, 2.75) is 49.6 Å². The molecule has 2 heterocycles. The highest BCUT2D eigenvalue weighted by Gasteiger charge is 2.32. The summed E-state index contributed by atoms with van der Waals surface area (Å²) in [6.45, 7) is 6.90. The molecule has 1 aromatic rings. The predicted molar refractivity (Wildman–Crippen MR) is 113 cm³/mol. The summed E-state index contributed by atoms with van der Waals surface area (Å²) in [4.78, 5) is 29.6. The van der Waals surface area contributed by atoms with Crippen LogP contribution in [0.4, 0.5) is 14.5 Å². The molecule has 2 atom stereocenters. The van der Waals surface area contributed by atoms with Gasteiger partial charge in [0.15, 0.2) is 0 Å². The van der Waals surface area contributed by atoms with Gasteiger partial charge in [-0.1, -0.05) is 11.8 Å². The number of morpholine rings is 1. The van der Waals surface area contributed by atoms with Crippen molar-refractivity contribution in [3.8, 4) is 0 Å². The molecule has 0 bridgehead atoms. The lowest BCUT2D eigenvalue weighted by Crippen LogP contribution is -2.51. The van der Waals surface area contributed by atoms with Gasteiger partial charge in [-0.2, -0.15) is 8.78 Å². The van der Waals surface area contributed by atoms with Gasteiger partial charge < -0.3 is 15.0 Å². The average molecular weight is 442 g/mol. The first kappa shape index (κ1) is 23.0. The van der Waals surface area contributed by atoms with E-state index < -0.39 is 5.76 Å². The Hall–Kier alpha value is -1.71. The molecular weight excluding hydrogens is 412 g/mol. The van der Waals surface area contributed by atoms with E-state index >= 15 is 0 Å². The van der Waals surface area contributed by atoms with E-state index in [9.17, 15) is 18.4 Å². The van der Waals surface area contributed by atoms with Gasteiger partial charge in [-0.05, 0) is 64.0 Å². The summed E-state index contributed by atoms with van der Waals surface area (Å²) in [6, 6.07) is 6.38. The highest BCUT2D eigenvalue weighted by molar-refractivity contribution is 7.99. The molecule has 0 aliphatic carbocycles. The fourth-order valence-electron chi connectivity index (χ4n) is 4.08. The van der Waals surface area contributed by atoms with Gasteiger partial charge in [-0.3, -0.25) is 14.5 Å². The van der Waals surface area contributed by atoms with Gasteiger partial charge in [0.25, 0.3) is 5.76 Å². The molecule has 9 heteroatoms. The third-order valence-electron chi connectivity index (χ3n) is 5.40. The monoisotopic (exact) mass is 441 g/mol. The Kier molecular flexibility index (Phi) is 8.07. The van der Waals surface area contributed by atoms with Crippen LogP contribution in [0.2, 0.25) is 0 Å². The molecule has 30 heavy (non-hydrogen) atoms. The van der Waals surface area contributed by atoms with Crippen LogP contribution in [0.1, 0.15) is 26.7 Å². The zero-order valence-corrected chi connectivity index (χ0v) is 18.2. The number of carbonyl (C=O) groups is 2. The van der Waals surface area contributed by atoms with Gasteiger partial charge in [-0.15, -0.1) is 0 Å². The molecule has 2 fully saturated rings. The molecule has 2 aliphatic heterocycles. The van der Waals surface area contributed by atoms with E-state index in [2.05, 4.69) is 5.32 Å². The Labute approximate surface area is 180 Å². The maximum absolute atomic E-state index is 12.8. The topological polar surface area (TPSA) is 61.9 Å². The molecule has 6 nitrogen and oxygen atoms in total. The molecule has 0 spiro atoms. The van der Waals surface area contributed by atoms with Gasteiger partial charge in [0.2, 0.25) is 11.8 Å². The Morgan fingerprint density at radius 2 is 1.73 bits per heavy atom. The second-order valence-corrected chi connectivity index (χ2v) is 9.07. The number of rotatable bonds is 6. The van der Waals surface area contributed by atoms with Crippen LogP contribution in [0.15, 0.2) is 29.2 Å².